The summed E-state index contributed by atoms with van der Waals surface area (Å²) < 4.78 is 5.44. The lowest BCUT2D eigenvalue weighted by molar-refractivity contribution is -0.117. The Hall–Kier alpha value is -3.54. The Morgan fingerprint density at radius 3 is 2.62 bits per heavy atom. The molecule has 4 rings (SSSR count). The minimum absolute atomic E-state index is 0.00961. The Labute approximate surface area is 169 Å². The van der Waals surface area contributed by atoms with E-state index in [4.69, 9.17) is 4.74 Å². The first-order valence-electron chi connectivity index (χ1n) is 9.72. The van der Waals surface area contributed by atoms with E-state index in [2.05, 4.69) is 10.6 Å². The van der Waals surface area contributed by atoms with Crippen LogP contribution in [-0.4, -0.2) is 31.1 Å². The fourth-order valence-electron chi connectivity index (χ4n) is 3.62. The molecule has 0 aliphatic carbocycles. The van der Waals surface area contributed by atoms with Gasteiger partial charge in [-0.1, -0.05) is 36.4 Å². The van der Waals surface area contributed by atoms with Gasteiger partial charge in [0.2, 0.25) is 5.91 Å². The van der Waals surface area contributed by atoms with Crippen molar-refractivity contribution in [2.75, 3.05) is 23.4 Å². The zero-order chi connectivity index (χ0) is 20.2. The molecule has 1 fully saturated rings. The fraction of sp³-hybridized carbons (Fsp3) is 0.217. The number of ether oxygens (including phenoxy) is 1. The Bertz CT molecular complexity index is 1030. The van der Waals surface area contributed by atoms with Crippen LogP contribution in [0.5, 0.6) is 5.75 Å². The number of anilines is 2. The summed E-state index contributed by atoms with van der Waals surface area (Å²) in [6.45, 7) is 2.97. The van der Waals surface area contributed by atoms with Crippen LogP contribution < -0.4 is 20.3 Å². The van der Waals surface area contributed by atoms with Gasteiger partial charge in [0.25, 0.3) is 0 Å². The lowest BCUT2D eigenvalue weighted by Crippen LogP contribution is -2.39. The first-order chi connectivity index (χ1) is 14.1. The zero-order valence-electron chi connectivity index (χ0n) is 16.2. The second-order valence-corrected chi connectivity index (χ2v) is 6.96. The van der Waals surface area contributed by atoms with Crippen molar-refractivity contribution in [2.45, 2.75) is 19.4 Å². The van der Waals surface area contributed by atoms with Gasteiger partial charge in [0.05, 0.1) is 18.3 Å². The Morgan fingerprint density at radius 2 is 1.83 bits per heavy atom. The summed E-state index contributed by atoms with van der Waals surface area (Å²) in [6, 6.07) is 20.5. The number of hydrogen-bond donors (Lipinski definition) is 2. The summed E-state index contributed by atoms with van der Waals surface area (Å²) >= 11 is 0. The number of nitrogens with one attached hydrogen (secondary N) is 2. The van der Waals surface area contributed by atoms with E-state index in [1.165, 1.54) is 0 Å². The smallest absolute Gasteiger partial charge is 0.319 e. The van der Waals surface area contributed by atoms with Gasteiger partial charge in [0.1, 0.15) is 5.75 Å². The van der Waals surface area contributed by atoms with Crippen LogP contribution in [-0.2, 0) is 4.79 Å². The Kier molecular flexibility index (Phi) is 5.33. The van der Waals surface area contributed by atoms with Gasteiger partial charge in [0, 0.05) is 24.0 Å². The standard InChI is InChI=1S/C23H23N3O3/c1-2-29-19-12-10-18(11-13-19)26-15-17(14-22(26)27)24-23(28)25-21-9-5-7-16-6-3-4-8-20(16)21/h3-13,17H,2,14-15H2,1H3,(H2,24,25,28)/t17-/m1/s1. The van der Waals surface area contributed by atoms with Gasteiger partial charge >= 0.3 is 6.03 Å². The second-order valence-electron chi connectivity index (χ2n) is 6.96. The van der Waals surface area contributed by atoms with E-state index in [9.17, 15) is 9.59 Å². The van der Waals surface area contributed by atoms with Gasteiger partial charge in [-0.2, -0.15) is 0 Å². The molecule has 29 heavy (non-hydrogen) atoms. The second kappa shape index (κ2) is 8.22. The first-order valence-corrected chi connectivity index (χ1v) is 9.72. The third-order valence-electron chi connectivity index (χ3n) is 4.96. The minimum atomic E-state index is -0.312. The maximum Gasteiger partial charge on any atom is 0.319 e. The van der Waals surface area contributed by atoms with Crippen LogP contribution in [0.2, 0.25) is 0 Å². The first kappa shape index (κ1) is 18.8. The van der Waals surface area contributed by atoms with E-state index >= 15 is 0 Å². The SMILES string of the molecule is CCOc1ccc(N2C[C@H](NC(=O)Nc3cccc4ccccc34)CC2=O)cc1. The highest BCUT2D eigenvalue weighted by atomic mass is 16.5. The molecule has 0 bridgehead atoms. The monoisotopic (exact) mass is 389 g/mol. The van der Waals surface area contributed by atoms with E-state index in [1.54, 1.807) is 4.90 Å². The zero-order valence-corrected chi connectivity index (χ0v) is 16.2. The fourth-order valence-corrected chi connectivity index (χ4v) is 3.62. The van der Waals surface area contributed by atoms with Crippen LogP contribution in [0.3, 0.4) is 0 Å². The van der Waals surface area contributed by atoms with Crippen molar-refractivity contribution >= 4 is 34.1 Å². The Morgan fingerprint density at radius 1 is 1.07 bits per heavy atom. The predicted octanol–water partition coefficient (Wildman–Crippen LogP) is 4.17. The molecule has 3 aromatic rings. The lowest BCUT2D eigenvalue weighted by Gasteiger charge is -2.18. The van der Waals surface area contributed by atoms with Crippen LogP contribution in [0.1, 0.15) is 13.3 Å². The molecule has 1 heterocycles. The largest absolute Gasteiger partial charge is 0.494 e. The number of fused-ring (bicyclic) bond motifs is 1. The van der Waals surface area contributed by atoms with Crippen LogP contribution in [0.25, 0.3) is 10.8 Å². The molecule has 0 radical (unpaired) electrons. The van der Waals surface area contributed by atoms with E-state index in [-0.39, 0.29) is 24.4 Å². The molecule has 2 N–H and O–H groups in total. The summed E-state index contributed by atoms with van der Waals surface area (Å²) in [5, 5.41) is 7.86. The number of nitrogens with zero attached hydrogens (tertiary/aromatic N) is 1. The van der Waals surface area contributed by atoms with Crippen molar-refractivity contribution < 1.29 is 14.3 Å². The van der Waals surface area contributed by atoms with E-state index in [0.29, 0.717) is 13.2 Å². The van der Waals surface area contributed by atoms with Gasteiger partial charge in [-0.05, 0) is 42.6 Å². The third kappa shape index (κ3) is 4.16. The van der Waals surface area contributed by atoms with Gasteiger partial charge in [-0.25, -0.2) is 4.79 Å². The highest BCUT2D eigenvalue weighted by Gasteiger charge is 2.31. The third-order valence-corrected chi connectivity index (χ3v) is 4.96. The van der Waals surface area contributed by atoms with Crippen molar-refractivity contribution in [1.29, 1.82) is 0 Å². The molecule has 1 aliphatic heterocycles. The number of amides is 3. The maximum atomic E-state index is 12.5. The van der Waals surface area contributed by atoms with Crippen molar-refractivity contribution in [3.05, 3.63) is 66.7 Å². The molecule has 0 spiro atoms. The minimum Gasteiger partial charge on any atom is -0.494 e. The highest BCUT2D eigenvalue weighted by molar-refractivity contribution is 6.02. The molecule has 0 aromatic heterocycles. The molecule has 148 valence electrons. The molecule has 0 unspecified atom stereocenters. The van der Waals surface area contributed by atoms with Crippen molar-refractivity contribution in [3.8, 4) is 5.75 Å². The number of rotatable bonds is 5. The molecule has 1 saturated heterocycles. The van der Waals surface area contributed by atoms with Gasteiger partial charge < -0.3 is 20.3 Å². The predicted molar refractivity (Wildman–Crippen MR) is 114 cm³/mol. The summed E-state index contributed by atoms with van der Waals surface area (Å²) in [5.41, 5.74) is 1.55. The van der Waals surface area contributed by atoms with Crippen molar-refractivity contribution in [3.63, 3.8) is 0 Å². The maximum absolute atomic E-state index is 12.5. The van der Waals surface area contributed by atoms with Crippen LogP contribution in [0, 0.1) is 0 Å². The molecule has 6 heteroatoms. The van der Waals surface area contributed by atoms with Gasteiger partial charge in [-0.3, -0.25) is 4.79 Å². The topological polar surface area (TPSA) is 70.7 Å². The summed E-state index contributed by atoms with van der Waals surface area (Å²) in [5.74, 6) is 0.761. The number of urea groups is 1. The van der Waals surface area contributed by atoms with Crippen LogP contribution in [0.15, 0.2) is 66.7 Å². The summed E-state index contributed by atoms with van der Waals surface area (Å²) in [7, 11) is 0. The lowest BCUT2D eigenvalue weighted by atomic mass is 10.1. The van der Waals surface area contributed by atoms with E-state index < -0.39 is 0 Å². The highest BCUT2D eigenvalue weighted by Crippen LogP contribution is 2.25. The Balaban J connectivity index is 1.40. The quantitative estimate of drug-likeness (QED) is 0.688. The molecule has 3 aromatic carbocycles. The molecular formula is C23H23N3O3. The number of carbonyl (C=O) groups is 2. The number of benzene rings is 3. The molecule has 1 atom stereocenters. The molecule has 1 aliphatic rings. The van der Waals surface area contributed by atoms with Crippen molar-refractivity contribution in [1.82, 2.24) is 5.32 Å². The van der Waals surface area contributed by atoms with E-state index in [1.807, 2.05) is 73.7 Å². The van der Waals surface area contributed by atoms with E-state index in [0.717, 1.165) is 27.9 Å². The molecular weight excluding hydrogens is 366 g/mol. The van der Waals surface area contributed by atoms with Crippen molar-refractivity contribution in [2.24, 2.45) is 0 Å². The summed E-state index contributed by atoms with van der Waals surface area (Å²) in [4.78, 5) is 26.6. The van der Waals surface area contributed by atoms with Gasteiger partial charge in [-0.15, -0.1) is 0 Å². The van der Waals surface area contributed by atoms with Gasteiger partial charge in [0.15, 0.2) is 0 Å². The summed E-state index contributed by atoms with van der Waals surface area (Å²) in [6.07, 6.45) is 0.274. The normalized spacial score (nSPS) is 16.1. The number of hydrogen-bond acceptors (Lipinski definition) is 3. The average molecular weight is 389 g/mol. The molecule has 3 amide bonds. The van der Waals surface area contributed by atoms with Crippen LogP contribution in [0.4, 0.5) is 16.2 Å². The van der Waals surface area contributed by atoms with Crippen LogP contribution >= 0.6 is 0 Å². The number of carbonyl (C=O) groups excluding carboxylic acids is 2. The average Bonchev–Trinajstić information content (AvgIpc) is 3.09. The molecule has 0 saturated carbocycles. The molecule has 6 nitrogen and oxygen atoms in total.